The molecule has 0 spiro atoms. The molecule has 1 unspecified atom stereocenters. The average Bonchev–Trinajstić information content (AvgIpc) is 2.52. The Balaban J connectivity index is 1.81. The summed E-state index contributed by atoms with van der Waals surface area (Å²) in [5.74, 6) is 2.62. The first kappa shape index (κ1) is 15.9. The molecule has 1 atom stereocenters. The predicted octanol–water partition coefficient (Wildman–Crippen LogP) is 6.29. The molecule has 0 bridgehead atoms. The second-order valence-electron chi connectivity index (χ2n) is 7.70. The lowest BCUT2D eigenvalue weighted by atomic mass is 9.68. The maximum atomic E-state index is 5.93. The first-order valence-electron chi connectivity index (χ1n) is 9.70. The van der Waals surface area contributed by atoms with Crippen molar-refractivity contribution >= 4 is 5.69 Å². The van der Waals surface area contributed by atoms with Crippen molar-refractivity contribution in [2.75, 3.05) is 5.73 Å². The van der Waals surface area contributed by atoms with Crippen LogP contribution in [0.15, 0.2) is 24.3 Å². The van der Waals surface area contributed by atoms with Gasteiger partial charge in [0.1, 0.15) is 0 Å². The Bertz CT molecular complexity index is 422. The van der Waals surface area contributed by atoms with Crippen molar-refractivity contribution in [3.8, 4) is 0 Å². The summed E-state index contributed by atoms with van der Waals surface area (Å²) in [5, 5.41) is 0. The van der Waals surface area contributed by atoms with Gasteiger partial charge in [0.05, 0.1) is 0 Å². The fourth-order valence-electron chi connectivity index (χ4n) is 4.99. The number of nitrogen functional groups attached to an aromatic ring is 1. The molecular formula is C21H33N. The molecule has 2 fully saturated rings. The van der Waals surface area contributed by atoms with Crippen LogP contribution in [0.2, 0.25) is 0 Å². The molecule has 2 aliphatic carbocycles. The molecule has 0 aromatic heterocycles. The van der Waals surface area contributed by atoms with E-state index in [9.17, 15) is 0 Å². The van der Waals surface area contributed by atoms with Gasteiger partial charge in [-0.1, -0.05) is 63.5 Å². The van der Waals surface area contributed by atoms with Gasteiger partial charge in [-0.3, -0.25) is 0 Å². The highest BCUT2D eigenvalue weighted by molar-refractivity contribution is 5.40. The number of benzene rings is 1. The highest BCUT2D eigenvalue weighted by Gasteiger charge is 2.31. The summed E-state index contributed by atoms with van der Waals surface area (Å²) in [6, 6.07) is 8.89. The van der Waals surface area contributed by atoms with Crippen molar-refractivity contribution < 1.29 is 0 Å². The maximum absolute atomic E-state index is 5.93. The zero-order valence-corrected chi connectivity index (χ0v) is 14.1. The Morgan fingerprint density at radius 3 is 1.55 bits per heavy atom. The average molecular weight is 300 g/mol. The van der Waals surface area contributed by atoms with Crippen LogP contribution in [0.4, 0.5) is 5.69 Å². The van der Waals surface area contributed by atoms with Crippen LogP contribution in [0.3, 0.4) is 0 Å². The molecule has 3 rings (SSSR count). The molecule has 0 radical (unpaired) electrons. The highest BCUT2D eigenvalue weighted by atomic mass is 14.5. The minimum atomic E-state index is 0.791. The molecule has 0 aliphatic heterocycles. The van der Waals surface area contributed by atoms with Gasteiger partial charge in [0, 0.05) is 5.69 Å². The SMILES string of the molecule is Nc1ccc(C(C2CCCCCCC2)C2CCCCC2)cc1. The monoisotopic (exact) mass is 299 g/mol. The fourth-order valence-corrected chi connectivity index (χ4v) is 4.99. The lowest BCUT2D eigenvalue weighted by molar-refractivity contribution is 0.212. The molecule has 1 aromatic rings. The molecule has 22 heavy (non-hydrogen) atoms. The van der Waals surface area contributed by atoms with Crippen molar-refractivity contribution in [1.82, 2.24) is 0 Å². The van der Waals surface area contributed by atoms with E-state index in [0.29, 0.717) is 0 Å². The van der Waals surface area contributed by atoms with Crippen molar-refractivity contribution in [3.63, 3.8) is 0 Å². The molecule has 2 N–H and O–H groups in total. The molecule has 0 amide bonds. The van der Waals surface area contributed by atoms with E-state index in [-0.39, 0.29) is 0 Å². The number of rotatable bonds is 3. The van der Waals surface area contributed by atoms with E-state index in [1.54, 1.807) is 5.56 Å². The van der Waals surface area contributed by atoms with Crippen LogP contribution in [0.5, 0.6) is 0 Å². The third kappa shape index (κ3) is 4.06. The Hall–Kier alpha value is -0.980. The quantitative estimate of drug-likeness (QED) is 0.652. The summed E-state index contributed by atoms with van der Waals surface area (Å²) < 4.78 is 0. The Labute approximate surface area is 136 Å². The van der Waals surface area contributed by atoms with Crippen LogP contribution in [-0.4, -0.2) is 0 Å². The Kier molecular flexibility index (Phi) is 5.81. The van der Waals surface area contributed by atoms with Crippen molar-refractivity contribution in [2.45, 2.75) is 83.0 Å². The number of hydrogen-bond acceptors (Lipinski definition) is 1. The second-order valence-corrected chi connectivity index (χ2v) is 7.70. The zero-order chi connectivity index (χ0) is 15.2. The third-order valence-corrected chi connectivity index (χ3v) is 6.14. The number of nitrogens with two attached hydrogens (primary N) is 1. The van der Waals surface area contributed by atoms with Gasteiger partial charge in [-0.25, -0.2) is 0 Å². The summed E-state index contributed by atoms with van der Waals surface area (Å²) in [5.41, 5.74) is 8.41. The standard InChI is InChI=1S/C21H33N/c22-20-15-13-19(14-16-20)21(18-11-7-4-8-12-18)17-9-5-2-1-3-6-10-17/h13-18,21H,1-12,22H2. The van der Waals surface area contributed by atoms with Gasteiger partial charge >= 0.3 is 0 Å². The van der Waals surface area contributed by atoms with Crippen LogP contribution < -0.4 is 5.73 Å². The van der Waals surface area contributed by atoms with E-state index in [1.165, 1.54) is 77.0 Å². The largest absolute Gasteiger partial charge is 0.399 e. The number of hydrogen-bond donors (Lipinski definition) is 1. The molecule has 1 aromatic carbocycles. The van der Waals surface area contributed by atoms with Crippen LogP contribution in [0.25, 0.3) is 0 Å². The van der Waals surface area contributed by atoms with Crippen molar-refractivity contribution in [1.29, 1.82) is 0 Å². The highest BCUT2D eigenvalue weighted by Crippen LogP contribution is 2.44. The first-order valence-corrected chi connectivity index (χ1v) is 9.70. The second kappa shape index (κ2) is 8.04. The van der Waals surface area contributed by atoms with Gasteiger partial charge in [0.15, 0.2) is 0 Å². The minimum Gasteiger partial charge on any atom is -0.399 e. The molecule has 2 saturated carbocycles. The van der Waals surface area contributed by atoms with Crippen molar-refractivity contribution in [3.05, 3.63) is 29.8 Å². The van der Waals surface area contributed by atoms with Gasteiger partial charge in [-0.15, -0.1) is 0 Å². The smallest absolute Gasteiger partial charge is 0.0314 e. The van der Waals surface area contributed by atoms with Gasteiger partial charge in [0.2, 0.25) is 0 Å². The molecule has 1 nitrogen and oxygen atoms in total. The molecule has 1 heteroatoms. The molecular weight excluding hydrogens is 266 g/mol. The minimum absolute atomic E-state index is 0.791. The summed E-state index contributed by atoms with van der Waals surface area (Å²) >= 11 is 0. The van der Waals surface area contributed by atoms with Crippen LogP contribution >= 0.6 is 0 Å². The summed E-state index contributed by atoms with van der Waals surface area (Å²) in [7, 11) is 0. The van der Waals surface area contributed by atoms with Gasteiger partial charge < -0.3 is 5.73 Å². The predicted molar refractivity (Wildman–Crippen MR) is 96.0 cm³/mol. The first-order chi connectivity index (χ1) is 10.8. The van der Waals surface area contributed by atoms with E-state index < -0.39 is 0 Å². The molecule has 122 valence electrons. The summed E-state index contributed by atoms with van der Waals surface area (Å²) in [4.78, 5) is 0. The van der Waals surface area contributed by atoms with Crippen LogP contribution in [-0.2, 0) is 0 Å². The van der Waals surface area contributed by atoms with Crippen LogP contribution in [0, 0.1) is 11.8 Å². The van der Waals surface area contributed by atoms with Gasteiger partial charge in [-0.2, -0.15) is 0 Å². The maximum Gasteiger partial charge on any atom is 0.0314 e. The fraction of sp³-hybridized carbons (Fsp3) is 0.714. The van der Waals surface area contributed by atoms with E-state index in [0.717, 1.165) is 23.4 Å². The number of anilines is 1. The van der Waals surface area contributed by atoms with Gasteiger partial charge in [-0.05, 0) is 61.1 Å². The third-order valence-electron chi connectivity index (χ3n) is 6.14. The summed E-state index contributed by atoms with van der Waals surface area (Å²) in [6.45, 7) is 0. The zero-order valence-electron chi connectivity index (χ0n) is 14.1. The summed E-state index contributed by atoms with van der Waals surface area (Å²) in [6.07, 6.45) is 17.4. The Morgan fingerprint density at radius 2 is 1.05 bits per heavy atom. The van der Waals surface area contributed by atoms with Crippen LogP contribution in [0.1, 0.15) is 88.5 Å². The topological polar surface area (TPSA) is 26.0 Å². The molecule has 0 heterocycles. The lowest BCUT2D eigenvalue weighted by Crippen LogP contribution is -2.24. The van der Waals surface area contributed by atoms with E-state index >= 15 is 0 Å². The lowest BCUT2D eigenvalue weighted by Gasteiger charge is -2.37. The molecule has 2 aliphatic rings. The Morgan fingerprint density at radius 1 is 0.636 bits per heavy atom. The van der Waals surface area contributed by atoms with E-state index in [4.69, 9.17) is 5.73 Å². The van der Waals surface area contributed by atoms with Crippen molar-refractivity contribution in [2.24, 2.45) is 11.8 Å². The van der Waals surface area contributed by atoms with Gasteiger partial charge in [0.25, 0.3) is 0 Å². The normalized spacial score (nSPS) is 23.6. The molecule has 0 saturated heterocycles. The van der Waals surface area contributed by atoms with E-state index in [1.807, 2.05) is 0 Å². The van der Waals surface area contributed by atoms with E-state index in [2.05, 4.69) is 24.3 Å².